The molecule has 3 aromatic rings. The first-order valence-electron chi connectivity index (χ1n) is 17.2. The Kier molecular flexibility index (Phi) is 12.4. The lowest BCUT2D eigenvalue weighted by atomic mass is 9.67. The summed E-state index contributed by atoms with van der Waals surface area (Å²) in [5, 5.41) is 8.71. The van der Waals surface area contributed by atoms with Gasteiger partial charge in [0, 0.05) is 39.0 Å². The van der Waals surface area contributed by atoms with Crippen molar-refractivity contribution in [1.29, 1.82) is 0 Å². The molecule has 3 aromatic carbocycles. The molecule has 1 aliphatic carbocycles. The predicted molar refractivity (Wildman–Crippen MR) is 183 cm³/mol. The van der Waals surface area contributed by atoms with Crippen molar-refractivity contribution in [1.82, 2.24) is 20.9 Å². The second-order valence-corrected chi connectivity index (χ2v) is 13.1. The van der Waals surface area contributed by atoms with Crippen molar-refractivity contribution in [2.24, 2.45) is 11.8 Å². The van der Waals surface area contributed by atoms with E-state index in [4.69, 9.17) is 0 Å². The van der Waals surface area contributed by atoms with E-state index in [9.17, 15) is 14.4 Å². The molecule has 7 nitrogen and oxygen atoms in total. The van der Waals surface area contributed by atoms with Gasteiger partial charge >= 0.3 is 0 Å². The molecule has 1 saturated carbocycles. The Labute approximate surface area is 274 Å². The third kappa shape index (κ3) is 9.29. The number of nitrogens with one attached hydrogen (secondary N) is 3. The molecule has 0 spiro atoms. The van der Waals surface area contributed by atoms with Gasteiger partial charge in [-0.05, 0) is 60.8 Å². The summed E-state index contributed by atoms with van der Waals surface area (Å²) in [5.41, 5.74) is 2.38. The molecule has 3 N–H and O–H groups in total. The summed E-state index contributed by atoms with van der Waals surface area (Å²) in [4.78, 5) is 41.2. The molecule has 2 fully saturated rings. The van der Waals surface area contributed by atoms with Crippen LogP contribution >= 0.6 is 0 Å². The smallest absolute Gasteiger partial charge is 0.239 e. The van der Waals surface area contributed by atoms with E-state index < -0.39 is 5.41 Å². The van der Waals surface area contributed by atoms with Crippen molar-refractivity contribution in [2.45, 2.75) is 63.2 Å². The maximum atomic E-state index is 13.5. The van der Waals surface area contributed by atoms with Gasteiger partial charge in [0.05, 0.1) is 12.0 Å². The number of benzene rings is 3. The topological polar surface area (TPSA) is 90.5 Å². The van der Waals surface area contributed by atoms with Gasteiger partial charge in [-0.15, -0.1) is 0 Å². The highest BCUT2D eigenvalue weighted by atomic mass is 16.2. The van der Waals surface area contributed by atoms with Crippen molar-refractivity contribution < 1.29 is 14.4 Å². The molecule has 7 heteroatoms. The summed E-state index contributed by atoms with van der Waals surface area (Å²) in [6.45, 7) is 4.20. The number of hydrogen-bond donors (Lipinski definition) is 3. The van der Waals surface area contributed by atoms with Crippen LogP contribution in [0.4, 0.5) is 0 Å². The van der Waals surface area contributed by atoms with Gasteiger partial charge in [-0.2, -0.15) is 0 Å². The molecule has 244 valence electrons. The number of nitrogens with zero attached hydrogens (tertiary/aromatic N) is 1. The van der Waals surface area contributed by atoms with Crippen molar-refractivity contribution >= 4 is 17.7 Å². The minimum absolute atomic E-state index is 0.0512. The van der Waals surface area contributed by atoms with E-state index in [1.165, 1.54) is 51.6 Å². The van der Waals surface area contributed by atoms with Gasteiger partial charge in [0.15, 0.2) is 0 Å². The maximum absolute atomic E-state index is 13.5. The number of carbonyl (C=O) groups is 3. The summed E-state index contributed by atoms with van der Waals surface area (Å²) < 4.78 is 0. The van der Waals surface area contributed by atoms with Gasteiger partial charge in [0.2, 0.25) is 17.7 Å². The van der Waals surface area contributed by atoms with Crippen LogP contribution in [0.5, 0.6) is 0 Å². The van der Waals surface area contributed by atoms with Gasteiger partial charge in [-0.25, -0.2) is 0 Å². The lowest BCUT2D eigenvalue weighted by Crippen LogP contribution is -2.45. The zero-order valence-corrected chi connectivity index (χ0v) is 27.1. The highest BCUT2D eigenvalue weighted by Crippen LogP contribution is 2.42. The average Bonchev–Trinajstić information content (AvgIpc) is 3.10. The zero-order chi connectivity index (χ0) is 32.0. The van der Waals surface area contributed by atoms with Crippen LogP contribution in [-0.2, 0) is 19.8 Å². The van der Waals surface area contributed by atoms with E-state index in [1.807, 2.05) is 54.6 Å². The molecular formula is C39H50N4O3. The lowest BCUT2D eigenvalue weighted by molar-refractivity contribution is -0.126. The van der Waals surface area contributed by atoms with Crippen LogP contribution in [-0.4, -0.2) is 61.9 Å². The minimum Gasteiger partial charge on any atom is -0.356 e. The zero-order valence-electron chi connectivity index (χ0n) is 27.1. The maximum Gasteiger partial charge on any atom is 0.239 e. The molecule has 0 bridgehead atoms. The molecule has 0 aromatic heterocycles. The Morgan fingerprint density at radius 1 is 0.630 bits per heavy atom. The molecule has 0 radical (unpaired) electrons. The molecule has 1 aliphatic heterocycles. The molecule has 5 rings (SSSR count). The van der Waals surface area contributed by atoms with Crippen LogP contribution < -0.4 is 16.0 Å². The first-order chi connectivity index (χ1) is 22.5. The number of carbonyl (C=O) groups excluding carboxylic acids is 3. The van der Waals surface area contributed by atoms with Crippen molar-refractivity contribution in [3.63, 3.8) is 0 Å². The molecular weight excluding hydrogens is 572 g/mol. The number of hydrogen-bond acceptors (Lipinski definition) is 4. The first kappa shape index (κ1) is 33.4. The summed E-state index contributed by atoms with van der Waals surface area (Å²) >= 11 is 0. The Morgan fingerprint density at radius 3 is 1.78 bits per heavy atom. The van der Waals surface area contributed by atoms with Crippen LogP contribution in [0.1, 0.15) is 74.5 Å². The fourth-order valence-electron chi connectivity index (χ4n) is 7.40. The monoisotopic (exact) mass is 622 g/mol. The average molecular weight is 623 g/mol. The quantitative estimate of drug-likeness (QED) is 0.209. The van der Waals surface area contributed by atoms with Crippen molar-refractivity contribution in [3.8, 4) is 0 Å². The number of piperidine rings is 1. The third-order valence-corrected chi connectivity index (χ3v) is 9.78. The molecule has 1 atom stereocenters. The van der Waals surface area contributed by atoms with Crippen LogP contribution in [0, 0.1) is 11.8 Å². The summed E-state index contributed by atoms with van der Waals surface area (Å²) in [5.74, 6) is 0.725. The Balaban J connectivity index is 1.07. The number of rotatable bonds is 14. The van der Waals surface area contributed by atoms with Crippen LogP contribution in [0.25, 0.3) is 0 Å². The molecule has 1 heterocycles. The highest BCUT2D eigenvalue weighted by molar-refractivity contribution is 5.85. The van der Waals surface area contributed by atoms with Gasteiger partial charge in [-0.3, -0.25) is 14.4 Å². The van der Waals surface area contributed by atoms with Crippen LogP contribution in [0.3, 0.4) is 0 Å². The lowest BCUT2D eigenvalue weighted by Gasteiger charge is -2.36. The van der Waals surface area contributed by atoms with E-state index in [0.29, 0.717) is 12.5 Å². The summed E-state index contributed by atoms with van der Waals surface area (Å²) in [7, 11) is 0. The van der Waals surface area contributed by atoms with E-state index in [2.05, 4.69) is 57.2 Å². The highest BCUT2D eigenvalue weighted by Gasteiger charge is 2.38. The Bertz CT molecular complexity index is 1280. The van der Waals surface area contributed by atoms with Gasteiger partial charge in [-0.1, -0.05) is 110 Å². The number of likely N-dealkylation sites (tertiary alicyclic amines) is 1. The fourth-order valence-corrected chi connectivity index (χ4v) is 7.40. The van der Waals surface area contributed by atoms with Gasteiger partial charge < -0.3 is 20.9 Å². The molecule has 3 amide bonds. The Morgan fingerprint density at radius 2 is 1.20 bits per heavy atom. The second kappa shape index (κ2) is 17.1. The molecule has 46 heavy (non-hydrogen) atoms. The second-order valence-electron chi connectivity index (χ2n) is 13.1. The third-order valence-electron chi connectivity index (χ3n) is 9.78. The van der Waals surface area contributed by atoms with Gasteiger partial charge in [0.25, 0.3) is 0 Å². The van der Waals surface area contributed by atoms with Gasteiger partial charge in [0.1, 0.15) is 0 Å². The minimum atomic E-state index is -0.695. The van der Waals surface area contributed by atoms with Crippen LogP contribution in [0.15, 0.2) is 91.0 Å². The first-order valence-corrected chi connectivity index (χ1v) is 17.2. The van der Waals surface area contributed by atoms with Crippen molar-refractivity contribution in [3.05, 3.63) is 108 Å². The molecule has 1 saturated heterocycles. The summed E-state index contributed by atoms with van der Waals surface area (Å²) in [6, 6.07) is 30.3. The van der Waals surface area contributed by atoms with E-state index in [1.54, 1.807) is 0 Å². The normalized spacial score (nSPS) is 17.6. The fraction of sp³-hybridized carbons (Fsp3) is 0.462. The predicted octanol–water partition coefficient (Wildman–Crippen LogP) is 5.44. The Hall–Kier alpha value is -3.97. The SMILES string of the molecule is O=C(CCNC(=O)CC(c1ccccc1)(c1ccccc1)c1ccccc1)NCC(=O)NC[C@H]1CCCN(CC2CCCCC2)C1. The molecule has 0 unspecified atom stereocenters. The van der Waals surface area contributed by atoms with E-state index in [-0.39, 0.29) is 43.7 Å². The van der Waals surface area contributed by atoms with Crippen LogP contribution in [0.2, 0.25) is 0 Å². The molecule has 2 aliphatic rings. The van der Waals surface area contributed by atoms with Crippen molar-refractivity contribution in [2.75, 3.05) is 39.3 Å². The van der Waals surface area contributed by atoms with E-state index in [0.717, 1.165) is 35.6 Å². The summed E-state index contributed by atoms with van der Waals surface area (Å²) in [6.07, 6.45) is 9.44. The standard InChI is InChI=1S/C39H50N4O3/c44-36(42-28-38(46)41-27-32-16-13-25-43(30-32)29-31-14-5-1-6-15-31)23-24-40-37(45)26-39(33-17-7-2-8-18-33,34-19-9-3-10-20-34)35-21-11-4-12-22-35/h2-4,7-12,17-22,31-32H,1,5-6,13-16,23-30H2,(H,40,45)(H,41,46)(H,42,44)/t32-/m1/s1. The number of amides is 3. The largest absolute Gasteiger partial charge is 0.356 e. The van der Waals surface area contributed by atoms with E-state index >= 15 is 0 Å².